The molecule has 3 aromatic rings. The third kappa shape index (κ3) is 5.85. The van der Waals surface area contributed by atoms with Gasteiger partial charge in [-0.2, -0.15) is 13.7 Å². The zero-order valence-electron chi connectivity index (χ0n) is 15.8. The van der Waals surface area contributed by atoms with E-state index in [0.29, 0.717) is 16.3 Å². The van der Waals surface area contributed by atoms with Crippen molar-refractivity contribution >= 4 is 39.4 Å². The number of benzene rings is 3. The molecular weight excluding hydrogens is 440 g/mol. The predicted octanol–water partition coefficient (Wildman–Crippen LogP) is 4.36. The Labute approximate surface area is 183 Å². The Hall–Kier alpha value is -3.80. The topological polar surface area (TPSA) is 116 Å². The summed E-state index contributed by atoms with van der Waals surface area (Å²) in [4.78, 5) is 12.2. The largest absolute Gasteiger partial charge is 0.508 e. The maximum atomic E-state index is 12.3. The molecule has 3 aromatic carbocycles. The maximum absolute atomic E-state index is 12.3. The third-order valence-corrected chi connectivity index (χ3v) is 5.50. The quantitative estimate of drug-likeness (QED) is 0.247. The molecule has 31 heavy (non-hydrogen) atoms. The van der Waals surface area contributed by atoms with E-state index in [4.69, 9.17) is 15.8 Å². The number of carbonyl (C=O) groups is 1. The van der Waals surface area contributed by atoms with Gasteiger partial charge in [0.05, 0.1) is 0 Å². The molecule has 7 nitrogen and oxygen atoms in total. The van der Waals surface area contributed by atoms with Crippen molar-refractivity contribution < 1.29 is 22.5 Å². The minimum absolute atomic E-state index is 0.0430. The molecule has 0 fully saturated rings. The minimum atomic E-state index is -4.03. The highest BCUT2D eigenvalue weighted by atomic mass is 35.5. The highest BCUT2D eigenvalue weighted by Crippen LogP contribution is 2.22. The Morgan fingerprint density at radius 2 is 1.61 bits per heavy atom. The number of amides is 1. The van der Waals surface area contributed by atoms with Gasteiger partial charge in [-0.3, -0.25) is 4.79 Å². The van der Waals surface area contributed by atoms with Crippen molar-refractivity contribution in [1.29, 1.82) is 5.26 Å². The summed E-state index contributed by atoms with van der Waals surface area (Å²) in [7, 11) is -4.03. The van der Waals surface area contributed by atoms with Gasteiger partial charge in [-0.25, -0.2) is 0 Å². The number of carbonyl (C=O) groups excluding carboxylic acids is 1. The molecule has 9 heteroatoms. The van der Waals surface area contributed by atoms with Crippen LogP contribution in [0.25, 0.3) is 6.08 Å². The molecule has 0 unspecified atom stereocenters. The SMILES string of the molecule is N#C/C(=C\c1ccc(OS(=O)(=O)c2ccc(Cl)cc2)cc1)C(=O)Nc1ccc(O)cc1. The van der Waals surface area contributed by atoms with Crippen molar-refractivity contribution in [3.05, 3.63) is 89.0 Å². The molecule has 0 aromatic heterocycles. The summed E-state index contributed by atoms with van der Waals surface area (Å²) in [6.45, 7) is 0. The van der Waals surface area contributed by atoms with Gasteiger partial charge in [0.15, 0.2) is 0 Å². The van der Waals surface area contributed by atoms with E-state index >= 15 is 0 Å². The summed E-state index contributed by atoms with van der Waals surface area (Å²) in [5.74, 6) is -0.507. The average molecular weight is 455 g/mol. The van der Waals surface area contributed by atoms with Crippen LogP contribution < -0.4 is 9.50 Å². The van der Waals surface area contributed by atoms with E-state index < -0.39 is 16.0 Å². The summed E-state index contributed by atoms with van der Waals surface area (Å²) in [5.41, 5.74) is 0.754. The lowest BCUT2D eigenvalue weighted by Gasteiger charge is -2.07. The predicted molar refractivity (Wildman–Crippen MR) is 116 cm³/mol. The summed E-state index contributed by atoms with van der Waals surface area (Å²) in [6.07, 6.45) is 1.35. The van der Waals surface area contributed by atoms with Crippen LogP contribution in [0.5, 0.6) is 11.5 Å². The summed E-state index contributed by atoms with van der Waals surface area (Å²) in [5, 5.41) is 21.5. The van der Waals surface area contributed by atoms with Crippen molar-refractivity contribution in [2.45, 2.75) is 4.90 Å². The second-order valence-electron chi connectivity index (χ2n) is 6.23. The molecule has 0 aliphatic heterocycles. The minimum Gasteiger partial charge on any atom is -0.508 e. The van der Waals surface area contributed by atoms with Crippen LogP contribution in [-0.4, -0.2) is 19.4 Å². The van der Waals surface area contributed by atoms with Gasteiger partial charge < -0.3 is 14.6 Å². The first-order valence-corrected chi connectivity index (χ1v) is 10.6. The number of hydrogen-bond acceptors (Lipinski definition) is 6. The number of nitrogens with zero attached hydrogens (tertiary/aromatic N) is 1. The maximum Gasteiger partial charge on any atom is 0.339 e. The van der Waals surface area contributed by atoms with Crippen molar-refractivity contribution in [3.8, 4) is 17.6 Å². The molecule has 0 spiro atoms. The molecule has 0 saturated heterocycles. The molecule has 0 radical (unpaired) electrons. The van der Waals surface area contributed by atoms with Gasteiger partial charge in [0.1, 0.15) is 28.0 Å². The number of rotatable bonds is 6. The lowest BCUT2D eigenvalue weighted by molar-refractivity contribution is -0.112. The highest BCUT2D eigenvalue weighted by Gasteiger charge is 2.16. The molecule has 3 rings (SSSR count). The van der Waals surface area contributed by atoms with Crippen molar-refractivity contribution in [2.75, 3.05) is 5.32 Å². The van der Waals surface area contributed by atoms with Crippen LogP contribution in [0.2, 0.25) is 5.02 Å². The number of nitrogens with one attached hydrogen (secondary N) is 1. The van der Waals surface area contributed by atoms with Crippen LogP contribution >= 0.6 is 11.6 Å². The molecule has 0 saturated carbocycles. The molecule has 156 valence electrons. The van der Waals surface area contributed by atoms with Gasteiger partial charge in [0.25, 0.3) is 5.91 Å². The molecule has 1 amide bonds. The Morgan fingerprint density at radius 1 is 1.00 bits per heavy atom. The monoisotopic (exact) mass is 454 g/mol. The van der Waals surface area contributed by atoms with Gasteiger partial charge in [-0.15, -0.1) is 0 Å². The summed E-state index contributed by atoms with van der Waals surface area (Å²) < 4.78 is 29.7. The fourth-order valence-corrected chi connectivity index (χ4v) is 3.51. The fourth-order valence-electron chi connectivity index (χ4n) is 2.45. The van der Waals surface area contributed by atoms with E-state index in [-0.39, 0.29) is 22.0 Å². The van der Waals surface area contributed by atoms with Gasteiger partial charge >= 0.3 is 10.1 Å². The Bertz CT molecular complexity index is 1260. The third-order valence-electron chi connectivity index (χ3n) is 3.99. The Balaban J connectivity index is 1.72. The number of phenolic OH excluding ortho intramolecular Hbond substituents is 1. The van der Waals surface area contributed by atoms with E-state index in [1.165, 1.54) is 78.9 Å². The molecular formula is C22H15ClN2O5S. The summed E-state index contributed by atoms with van der Waals surface area (Å²) in [6, 6.07) is 19.0. The fraction of sp³-hybridized carbons (Fsp3) is 0. The van der Waals surface area contributed by atoms with Crippen LogP contribution in [0.1, 0.15) is 5.56 Å². The van der Waals surface area contributed by atoms with Crippen LogP contribution in [-0.2, 0) is 14.9 Å². The average Bonchev–Trinajstić information content (AvgIpc) is 2.75. The van der Waals surface area contributed by atoms with E-state index in [1.807, 2.05) is 6.07 Å². The number of anilines is 1. The van der Waals surface area contributed by atoms with Crippen LogP contribution in [0.15, 0.2) is 83.3 Å². The molecule has 0 heterocycles. The van der Waals surface area contributed by atoms with Crippen LogP contribution in [0.4, 0.5) is 5.69 Å². The number of halogens is 1. The van der Waals surface area contributed by atoms with E-state index in [0.717, 1.165) is 0 Å². The van der Waals surface area contributed by atoms with Gasteiger partial charge in [0, 0.05) is 10.7 Å². The molecule has 2 N–H and O–H groups in total. The second-order valence-corrected chi connectivity index (χ2v) is 8.21. The van der Waals surface area contributed by atoms with Crippen LogP contribution in [0.3, 0.4) is 0 Å². The number of nitriles is 1. The van der Waals surface area contributed by atoms with Gasteiger partial charge in [0.2, 0.25) is 0 Å². The first-order valence-electron chi connectivity index (χ1n) is 8.79. The second kappa shape index (κ2) is 9.34. The zero-order chi connectivity index (χ0) is 22.4. The van der Waals surface area contributed by atoms with Crippen molar-refractivity contribution in [2.24, 2.45) is 0 Å². The number of aromatic hydroxyl groups is 1. The molecule has 0 bridgehead atoms. The molecule has 0 aliphatic carbocycles. The first-order chi connectivity index (χ1) is 14.8. The standard InChI is InChI=1S/C22H15ClN2O5S/c23-17-3-11-21(12-4-17)31(28,29)30-20-9-1-15(2-10-20)13-16(14-24)22(27)25-18-5-7-19(26)8-6-18/h1-13,26H,(H,25,27)/b16-13+. The van der Waals surface area contributed by atoms with Crippen molar-refractivity contribution in [3.63, 3.8) is 0 Å². The van der Waals surface area contributed by atoms with E-state index in [1.54, 1.807) is 0 Å². The summed E-state index contributed by atoms with van der Waals surface area (Å²) >= 11 is 5.76. The van der Waals surface area contributed by atoms with Gasteiger partial charge in [-0.05, 0) is 72.3 Å². The smallest absolute Gasteiger partial charge is 0.339 e. The van der Waals surface area contributed by atoms with Gasteiger partial charge in [-0.1, -0.05) is 23.7 Å². The number of hydrogen-bond donors (Lipinski definition) is 2. The van der Waals surface area contributed by atoms with Crippen molar-refractivity contribution in [1.82, 2.24) is 0 Å². The Kier molecular flexibility index (Phi) is 6.60. The first kappa shape index (κ1) is 21.9. The van der Waals surface area contributed by atoms with E-state index in [2.05, 4.69) is 5.32 Å². The zero-order valence-corrected chi connectivity index (χ0v) is 17.4. The molecule has 0 aliphatic rings. The normalized spacial score (nSPS) is 11.4. The van der Waals surface area contributed by atoms with E-state index in [9.17, 15) is 23.6 Å². The molecule has 0 atom stereocenters. The van der Waals surface area contributed by atoms with Crippen LogP contribution in [0, 0.1) is 11.3 Å². The Morgan fingerprint density at radius 3 is 2.19 bits per heavy atom. The number of phenols is 1. The lowest BCUT2D eigenvalue weighted by atomic mass is 10.1. The lowest BCUT2D eigenvalue weighted by Crippen LogP contribution is -2.13. The highest BCUT2D eigenvalue weighted by molar-refractivity contribution is 7.87.